The van der Waals surface area contributed by atoms with Crippen LogP contribution in [0.5, 0.6) is 5.75 Å². The van der Waals surface area contributed by atoms with Gasteiger partial charge < -0.3 is 10.1 Å². The average Bonchev–Trinajstić information content (AvgIpc) is 3.45. The first kappa shape index (κ1) is 24.6. The highest BCUT2D eigenvalue weighted by Crippen LogP contribution is 2.26. The number of amides is 1. The van der Waals surface area contributed by atoms with Gasteiger partial charge in [0.1, 0.15) is 12.4 Å². The zero-order valence-electron chi connectivity index (χ0n) is 17.8. The monoisotopic (exact) mass is 619 g/mol. The molecule has 2 aromatic carbocycles. The normalized spacial score (nSPS) is 10.8. The van der Waals surface area contributed by atoms with E-state index in [1.54, 1.807) is 6.08 Å². The molecule has 4 aromatic rings. The Hall–Kier alpha value is -2.47. The third kappa shape index (κ3) is 6.56. The fourth-order valence-corrected chi connectivity index (χ4v) is 4.92. The lowest BCUT2D eigenvalue weighted by Gasteiger charge is -2.09. The molecule has 11 heteroatoms. The molecule has 4 rings (SSSR count). The van der Waals surface area contributed by atoms with Crippen LogP contribution in [0.3, 0.4) is 0 Å². The number of benzene rings is 2. The molecule has 0 aliphatic rings. The number of allylic oxidation sites excluding steroid dienone is 1. The van der Waals surface area contributed by atoms with E-state index < -0.39 is 0 Å². The standard InChI is InChI=1S/C23H19Br2N5O2S2/c1-2-11-30-20(12-32-18-9-7-17(25)8-10-18)28-29-23(30)34-14-21(31)27-22-26-19(13-33-22)15-3-5-16(24)6-4-15/h2-10,13H,1,11-12,14H2,(H,26,27,31). The molecule has 0 saturated heterocycles. The second-order valence-electron chi connectivity index (χ2n) is 6.92. The predicted molar refractivity (Wildman–Crippen MR) is 143 cm³/mol. The number of carbonyl (C=O) groups excluding carboxylic acids is 1. The molecule has 0 bridgehead atoms. The minimum absolute atomic E-state index is 0.164. The number of rotatable bonds is 10. The molecule has 2 heterocycles. The van der Waals surface area contributed by atoms with E-state index >= 15 is 0 Å². The van der Waals surface area contributed by atoms with Gasteiger partial charge in [-0.1, -0.05) is 61.8 Å². The second kappa shape index (κ2) is 11.8. The van der Waals surface area contributed by atoms with Crippen LogP contribution in [-0.4, -0.2) is 31.4 Å². The van der Waals surface area contributed by atoms with Crippen molar-refractivity contribution in [3.05, 3.63) is 81.3 Å². The maximum Gasteiger partial charge on any atom is 0.236 e. The number of carbonyl (C=O) groups is 1. The Kier molecular flexibility index (Phi) is 8.54. The van der Waals surface area contributed by atoms with Gasteiger partial charge in [-0.3, -0.25) is 9.36 Å². The van der Waals surface area contributed by atoms with Crippen molar-refractivity contribution in [3.63, 3.8) is 0 Å². The highest BCUT2D eigenvalue weighted by Gasteiger charge is 2.15. The molecular weight excluding hydrogens is 602 g/mol. The van der Waals surface area contributed by atoms with Gasteiger partial charge in [0.15, 0.2) is 16.1 Å². The van der Waals surface area contributed by atoms with E-state index in [-0.39, 0.29) is 18.3 Å². The Labute approximate surface area is 221 Å². The first-order valence-electron chi connectivity index (χ1n) is 10.1. The van der Waals surface area contributed by atoms with Crippen LogP contribution in [0, 0.1) is 0 Å². The summed E-state index contributed by atoms with van der Waals surface area (Å²) in [6.45, 7) is 4.58. The number of halogens is 2. The first-order valence-corrected chi connectivity index (χ1v) is 13.5. The van der Waals surface area contributed by atoms with Crippen molar-refractivity contribution < 1.29 is 9.53 Å². The summed E-state index contributed by atoms with van der Waals surface area (Å²) in [5, 5.41) is 14.4. The Morgan fingerprint density at radius 2 is 1.82 bits per heavy atom. The van der Waals surface area contributed by atoms with Gasteiger partial charge >= 0.3 is 0 Å². The van der Waals surface area contributed by atoms with E-state index in [9.17, 15) is 4.79 Å². The first-order chi connectivity index (χ1) is 16.5. The molecule has 174 valence electrons. The van der Waals surface area contributed by atoms with Gasteiger partial charge in [-0.25, -0.2) is 4.98 Å². The summed E-state index contributed by atoms with van der Waals surface area (Å²) < 4.78 is 9.69. The molecule has 0 spiro atoms. The van der Waals surface area contributed by atoms with Crippen molar-refractivity contribution >= 4 is 66.0 Å². The number of hydrogen-bond donors (Lipinski definition) is 1. The molecule has 0 atom stereocenters. The maximum atomic E-state index is 12.5. The third-order valence-electron chi connectivity index (χ3n) is 4.51. The molecule has 7 nitrogen and oxygen atoms in total. The van der Waals surface area contributed by atoms with Gasteiger partial charge in [-0.2, -0.15) is 0 Å². The van der Waals surface area contributed by atoms with Gasteiger partial charge in [0.25, 0.3) is 0 Å². The summed E-state index contributed by atoms with van der Waals surface area (Å²) in [5.41, 5.74) is 1.81. The number of nitrogens with zero attached hydrogens (tertiary/aromatic N) is 4. The number of anilines is 1. The zero-order valence-corrected chi connectivity index (χ0v) is 22.6. The van der Waals surface area contributed by atoms with E-state index in [4.69, 9.17) is 4.74 Å². The number of hydrogen-bond acceptors (Lipinski definition) is 7. The summed E-state index contributed by atoms with van der Waals surface area (Å²) in [4.78, 5) is 17.0. The molecule has 0 fully saturated rings. The number of thiazole rings is 1. The zero-order chi connectivity index (χ0) is 23.9. The van der Waals surface area contributed by atoms with Crippen molar-refractivity contribution in [3.8, 4) is 17.0 Å². The van der Waals surface area contributed by atoms with Crippen LogP contribution in [0.4, 0.5) is 5.13 Å². The smallest absolute Gasteiger partial charge is 0.236 e. The van der Waals surface area contributed by atoms with Gasteiger partial charge in [0.05, 0.1) is 11.4 Å². The van der Waals surface area contributed by atoms with E-state index in [1.165, 1.54) is 23.1 Å². The van der Waals surface area contributed by atoms with Crippen LogP contribution >= 0.6 is 55.0 Å². The second-order valence-corrected chi connectivity index (χ2v) is 10.6. The summed E-state index contributed by atoms with van der Waals surface area (Å²) in [7, 11) is 0. The van der Waals surface area contributed by atoms with Crippen molar-refractivity contribution in [2.45, 2.75) is 18.3 Å². The number of nitrogens with one attached hydrogen (secondary N) is 1. The van der Waals surface area contributed by atoms with Crippen LogP contribution in [0.15, 0.2) is 80.7 Å². The molecule has 0 aliphatic heterocycles. The lowest BCUT2D eigenvalue weighted by molar-refractivity contribution is -0.113. The number of thioether (sulfide) groups is 1. The molecule has 2 aromatic heterocycles. The lowest BCUT2D eigenvalue weighted by atomic mass is 10.2. The highest BCUT2D eigenvalue weighted by atomic mass is 79.9. The van der Waals surface area contributed by atoms with Crippen LogP contribution < -0.4 is 10.1 Å². The minimum atomic E-state index is -0.164. The summed E-state index contributed by atoms with van der Waals surface area (Å²) in [6, 6.07) is 15.4. The Bertz CT molecular complexity index is 1270. The topological polar surface area (TPSA) is 81.9 Å². The molecule has 0 radical (unpaired) electrons. The van der Waals surface area contributed by atoms with Crippen LogP contribution in [-0.2, 0) is 17.9 Å². The molecule has 1 N–H and O–H groups in total. The SMILES string of the molecule is C=CCn1c(COc2ccc(Br)cc2)nnc1SCC(=O)Nc1nc(-c2ccc(Br)cc2)cs1. The third-order valence-corrected chi connectivity index (χ3v) is 7.29. The highest BCUT2D eigenvalue weighted by molar-refractivity contribution is 9.10. The number of ether oxygens (including phenoxy) is 1. The minimum Gasteiger partial charge on any atom is -0.486 e. The maximum absolute atomic E-state index is 12.5. The molecule has 1 amide bonds. The Morgan fingerprint density at radius 1 is 1.12 bits per heavy atom. The van der Waals surface area contributed by atoms with Crippen LogP contribution in [0.25, 0.3) is 11.3 Å². The molecular formula is C23H19Br2N5O2S2. The van der Waals surface area contributed by atoms with E-state index in [0.717, 1.165) is 26.0 Å². The molecule has 0 unspecified atom stereocenters. The summed E-state index contributed by atoms with van der Waals surface area (Å²) in [6.07, 6.45) is 1.76. The fourth-order valence-electron chi connectivity index (χ4n) is 2.89. The van der Waals surface area contributed by atoms with Crippen LogP contribution in [0.1, 0.15) is 5.82 Å². The van der Waals surface area contributed by atoms with Gasteiger partial charge in [0.2, 0.25) is 5.91 Å². The average molecular weight is 621 g/mol. The Morgan fingerprint density at radius 3 is 2.53 bits per heavy atom. The van der Waals surface area contributed by atoms with Crippen LogP contribution in [0.2, 0.25) is 0 Å². The number of aromatic nitrogens is 4. The Balaban J connectivity index is 1.34. The van der Waals surface area contributed by atoms with Gasteiger partial charge in [-0.05, 0) is 36.4 Å². The van der Waals surface area contributed by atoms with Gasteiger partial charge in [-0.15, -0.1) is 28.1 Å². The molecule has 34 heavy (non-hydrogen) atoms. The van der Waals surface area contributed by atoms with E-state index in [2.05, 4.69) is 58.9 Å². The van der Waals surface area contributed by atoms with Crippen molar-refractivity contribution in [2.24, 2.45) is 0 Å². The van der Waals surface area contributed by atoms with Crippen molar-refractivity contribution in [1.29, 1.82) is 0 Å². The van der Waals surface area contributed by atoms with Gasteiger partial charge in [0, 0.05) is 26.4 Å². The fraction of sp³-hybridized carbons (Fsp3) is 0.130. The quantitative estimate of drug-likeness (QED) is 0.163. The molecule has 0 saturated carbocycles. The van der Waals surface area contributed by atoms with E-state index in [0.29, 0.717) is 22.7 Å². The predicted octanol–water partition coefficient (Wildman–Crippen LogP) is 6.42. The van der Waals surface area contributed by atoms with Crippen molar-refractivity contribution in [2.75, 3.05) is 11.1 Å². The van der Waals surface area contributed by atoms with E-state index in [1.807, 2.05) is 58.5 Å². The summed E-state index contributed by atoms with van der Waals surface area (Å²) >= 11 is 9.53. The van der Waals surface area contributed by atoms with Crippen molar-refractivity contribution in [1.82, 2.24) is 19.7 Å². The largest absolute Gasteiger partial charge is 0.486 e. The lowest BCUT2D eigenvalue weighted by Crippen LogP contribution is -2.15. The summed E-state index contributed by atoms with van der Waals surface area (Å²) in [5.74, 6) is 1.40. The molecule has 0 aliphatic carbocycles.